The van der Waals surface area contributed by atoms with Crippen LogP contribution in [0.15, 0.2) is 0 Å². The number of nitrogens with zero attached hydrogens (tertiary/aromatic N) is 1. The summed E-state index contributed by atoms with van der Waals surface area (Å²) in [5, 5.41) is 0. The molecule has 1 aliphatic rings. The quantitative estimate of drug-likeness (QED) is 0.656. The van der Waals surface area contributed by atoms with Gasteiger partial charge >= 0.3 is 0 Å². The molecule has 1 saturated heterocycles. The molecule has 0 spiro atoms. The van der Waals surface area contributed by atoms with Gasteiger partial charge in [-0.05, 0) is 37.6 Å². The standard InChI is InChI=1S/C13H27N/c1-6-10(2)13-8-7-11(3)12(4)9-14(13)5/h10-13H,6-9H2,1-5H3/t10-,11+,12+,13-/m0/s1. The molecule has 1 heteroatoms. The summed E-state index contributed by atoms with van der Waals surface area (Å²) in [5.41, 5.74) is 0. The van der Waals surface area contributed by atoms with E-state index in [1.165, 1.54) is 25.8 Å². The fourth-order valence-electron chi connectivity index (χ4n) is 2.70. The van der Waals surface area contributed by atoms with E-state index < -0.39 is 0 Å². The molecule has 1 rings (SSSR count). The summed E-state index contributed by atoms with van der Waals surface area (Å²) in [5.74, 6) is 2.64. The van der Waals surface area contributed by atoms with Gasteiger partial charge in [-0.2, -0.15) is 0 Å². The van der Waals surface area contributed by atoms with Crippen LogP contribution in [0, 0.1) is 17.8 Å². The van der Waals surface area contributed by atoms with Crippen molar-refractivity contribution in [2.45, 2.75) is 53.0 Å². The van der Waals surface area contributed by atoms with E-state index in [0.29, 0.717) is 0 Å². The maximum atomic E-state index is 2.60. The third-order valence-corrected chi connectivity index (χ3v) is 4.33. The molecule has 0 unspecified atom stereocenters. The van der Waals surface area contributed by atoms with E-state index in [4.69, 9.17) is 0 Å². The van der Waals surface area contributed by atoms with Crippen LogP contribution in [0.5, 0.6) is 0 Å². The Morgan fingerprint density at radius 2 is 1.86 bits per heavy atom. The molecule has 0 aromatic heterocycles. The Bertz CT molecular complexity index is 167. The highest BCUT2D eigenvalue weighted by atomic mass is 15.1. The second-order valence-corrected chi connectivity index (χ2v) is 5.42. The topological polar surface area (TPSA) is 3.24 Å². The zero-order chi connectivity index (χ0) is 10.7. The first-order valence-corrected chi connectivity index (χ1v) is 6.26. The summed E-state index contributed by atoms with van der Waals surface area (Å²) in [6, 6.07) is 0.826. The van der Waals surface area contributed by atoms with Gasteiger partial charge in [0.2, 0.25) is 0 Å². The number of hydrogen-bond acceptors (Lipinski definition) is 1. The van der Waals surface area contributed by atoms with Crippen molar-refractivity contribution in [3.8, 4) is 0 Å². The molecule has 0 bridgehead atoms. The zero-order valence-electron chi connectivity index (χ0n) is 10.6. The summed E-state index contributed by atoms with van der Waals surface area (Å²) in [6.07, 6.45) is 4.13. The van der Waals surface area contributed by atoms with Gasteiger partial charge in [0.25, 0.3) is 0 Å². The van der Waals surface area contributed by atoms with Crippen LogP contribution in [0.4, 0.5) is 0 Å². The van der Waals surface area contributed by atoms with Crippen LogP contribution >= 0.6 is 0 Å². The predicted octanol–water partition coefficient (Wildman–Crippen LogP) is 3.40. The van der Waals surface area contributed by atoms with Gasteiger partial charge in [-0.15, -0.1) is 0 Å². The van der Waals surface area contributed by atoms with Crippen molar-refractivity contribution in [1.82, 2.24) is 4.90 Å². The van der Waals surface area contributed by atoms with Crippen molar-refractivity contribution in [1.29, 1.82) is 0 Å². The lowest BCUT2D eigenvalue weighted by Crippen LogP contribution is -2.37. The highest BCUT2D eigenvalue weighted by molar-refractivity contribution is 4.81. The zero-order valence-corrected chi connectivity index (χ0v) is 10.6. The molecule has 0 saturated carbocycles. The van der Waals surface area contributed by atoms with Gasteiger partial charge in [-0.1, -0.05) is 34.1 Å². The van der Waals surface area contributed by atoms with Gasteiger partial charge in [0.15, 0.2) is 0 Å². The fourth-order valence-corrected chi connectivity index (χ4v) is 2.70. The molecule has 0 aromatic carbocycles. The van der Waals surface area contributed by atoms with E-state index in [1.54, 1.807) is 0 Å². The van der Waals surface area contributed by atoms with Crippen LogP contribution in [0.3, 0.4) is 0 Å². The molecule has 14 heavy (non-hydrogen) atoms. The molecule has 0 aromatic rings. The van der Waals surface area contributed by atoms with Crippen molar-refractivity contribution in [3.05, 3.63) is 0 Å². The molecule has 84 valence electrons. The summed E-state index contributed by atoms with van der Waals surface area (Å²) in [7, 11) is 2.31. The minimum Gasteiger partial charge on any atom is -0.303 e. The Balaban J connectivity index is 2.60. The third-order valence-electron chi connectivity index (χ3n) is 4.33. The summed E-state index contributed by atoms with van der Waals surface area (Å²) >= 11 is 0. The highest BCUT2D eigenvalue weighted by Gasteiger charge is 2.27. The molecule has 0 amide bonds. The average molecular weight is 197 g/mol. The highest BCUT2D eigenvalue weighted by Crippen LogP contribution is 2.29. The average Bonchev–Trinajstić information content (AvgIpc) is 2.27. The second-order valence-electron chi connectivity index (χ2n) is 5.42. The lowest BCUT2D eigenvalue weighted by atomic mass is 9.90. The Kier molecular flexibility index (Phi) is 4.43. The first-order chi connectivity index (χ1) is 6.56. The Morgan fingerprint density at radius 3 is 2.43 bits per heavy atom. The van der Waals surface area contributed by atoms with Crippen molar-refractivity contribution in [2.75, 3.05) is 13.6 Å². The molecule has 1 fully saturated rings. The first kappa shape index (κ1) is 12.0. The first-order valence-electron chi connectivity index (χ1n) is 6.26. The van der Waals surface area contributed by atoms with Crippen LogP contribution in [0.1, 0.15) is 47.0 Å². The molecule has 0 aliphatic carbocycles. The van der Waals surface area contributed by atoms with E-state index in [-0.39, 0.29) is 0 Å². The summed E-state index contributed by atoms with van der Waals surface area (Å²) in [4.78, 5) is 2.60. The predicted molar refractivity (Wildman–Crippen MR) is 63.4 cm³/mol. The van der Waals surface area contributed by atoms with Gasteiger partial charge in [0.05, 0.1) is 0 Å². The van der Waals surface area contributed by atoms with E-state index in [1.807, 2.05) is 0 Å². The number of rotatable bonds is 2. The maximum Gasteiger partial charge on any atom is 0.0118 e. The van der Waals surface area contributed by atoms with Crippen LogP contribution in [0.2, 0.25) is 0 Å². The molecule has 4 atom stereocenters. The molecular formula is C13H27N. The molecular weight excluding hydrogens is 170 g/mol. The molecule has 1 aliphatic heterocycles. The van der Waals surface area contributed by atoms with Gasteiger partial charge in [-0.25, -0.2) is 0 Å². The van der Waals surface area contributed by atoms with Crippen LogP contribution in [-0.2, 0) is 0 Å². The van der Waals surface area contributed by atoms with E-state index in [9.17, 15) is 0 Å². The smallest absolute Gasteiger partial charge is 0.0118 e. The van der Waals surface area contributed by atoms with Gasteiger partial charge in [0.1, 0.15) is 0 Å². The summed E-state index contributed by atoms with van der Waals surface area (Å²) in [6.45, 7) is 10.8. The SMILES string of the molecule is CC[C@H](C)[C@@H]1CC[C@@H](C)[C@H](C)CN1C. The van der Waals surface area contributed by atoms with Crippen LogP contribution < -0.4 is 0 Å². The molecule has 0 N–H and O–H groups in total. The van der Waals surface area contributed by atoms with E-state index in [2.05, 4.69) is 39.6 Å². The largest absolute Gasteiger partial charge is 0.303 e. The minimum absolute atomic E-state index is 0.826. The lowest BCUT2D eigenvalue weighted by molar-refractivity contribution is 0.168. The number of likely N-dealkylation sites (tertiary alicyclic amines) is 1. The maximum absolute atomic E-state index is 2.60. The Labute approximate surface area is 89.9 Å². The van der Waals surface area contributed by atoms with Gasteiger partial charge < -0.3 is 4.90 Å². The van der Waals surface area contributed by atoms with Crippen molar-refractivity contribution >= 4 is 0 Å². The van der Waals surface area contributed by atoms with Crippen molar-refractivity contribution < 1.29 is 0 Å². The van der Waals surface area contributed by atoms with Gasteiger partial charge in [-0.3, -0.25) is 0 Å². The fraction of sp³-hybridized carbons (Fsp3) is 1.00. The Morgan fingerprint density at radius 1 is 1.21 bits per heavy atom. The summed E-state index contributed by atoms with van der Waals surface area (Å²) < 4.78 is 0. The monoisotopic (exact) mass is 197 g/mol. The van der Waals surface area contributed by atoms with Crippen molar-refractivity contribution in [3.63, 3.8) is 0 Å². The minimum atomic E-state index is 0.826. The molecule has 0 radical (unpaired) electrons. The number of hydrogen-bond donors (Lipinski definition) is 0. The second kappa shape index (κ2) is 5.16. The Hall–Kier alpha value is -0.0400. The van der Waals surface area contributed by atoms with E-state index in [0.717, 1.165) is 23.8 Å². The van der Waals surface area contributed by atoms with Crippen LogP contribution in [-0.4, -0.2) is 24.5 Å². The van der Waals surface area contributed by atoms with Gasteiger partial charge in [0, 0.05) is 12.6 Å². The lowest BCUT2D eigenvalue weighted by Gasteiger charge is -2.31. The van der Waals surface area contributed by atoms with Crippen LogP contribution in [0.25, 0.3) is 0 Å². The third kappa shape index (κ3) is 2.73. The normalized spacial score (nSPS) is 37.9. The molecule has 1 heterocycles. The van der Waals surface area contributed by atoms with Crippen molar-refractivity contribution in [2.24, 2.45) is 17.8 Å². The van der Waals surface area contributed by atoms with E-state index >= 15 is 0 Å². The molecule has 1 nitrogen and oxygen atoms in total.